The van der Waals surface area contributed by atoms with Crippen LogP contribution in [0.2, 0.25) is 0 Å². The summed E-state index contributed by atoms with van der Waals surface area (Å²) in [7, 11) is 1.49. The predicted molar refractivity (Wildman–Crippen MR) is 47.3 cm³/mol. The summed E-state index contributed by atoms with van der Waals surface area (Å²) in [6, 6.07) is 0.167. The Bertz CT molecular complexity index is 193. The summed E-state index contributed by atoms with van der Waals surface area (Å²) in [5.74, 6) is 0.207. The van der Waals surface area contributed by atoms with Gasteiger partial charge in [-0.05, 0) is 12.8 Å². The van der Waals surface area contributed by atoms with E-state index in [2.05, 4.69) is 10.1 Å². The molecule has 0 saturated heterocycles. The second-order valence-electron chi connectivity index (χ2n) is 3.31. The number of hydrogen-bond donors (Lipinski definition) is 1. The fourth-order valence-corrected chi connectivity index (χ4v) is 1.48. The molecule has 1 N–H and O–H groups in total. The molecule has 1 fully saturated rings. The fourth-order valence-electron chi connectivity index (χ4n) is 1.48. The minimum atomic E-state index is -0.0955. The zero-order valence-corrected chi connectivity index (χ0v) is 7.84. The molecule has 1 amide bonds. The molecule has 4 heteroatoms. The molecule has 0 bridgehead atoms. The van der Waals surface area contributed by atoms with Crippen LogP contribution >= 0.6 is 0 Å². The molecule has 0 aromatic carbocycles. The van der Waals surface area contributed by atoms with Gasteiger partial charge in [-0.2, -0.15) is 0 Å². The Kier molecular flexibility index (Phi) is 3.89. The maximum Gasteiger partial charge on any atom is 0.246 e. The van der Waals surface area contributed by atoms with Gasteiger partial charge in [0.1, 0.15) is 12.4 Å². The number of hydrogen-bond acceptors (Lipinski definition) is 3. The highest BCUT2D eigenvalue weighted by Crippen LogP contribution is 2.14. The van der Waals surface area contributed by atoms with Crippen molar-refractivity contribution < 1.29 is 14.3 Å². The van der Waals surface area contributed by atoms with Gasteiger partial charge in [0.2, 0.25) is 5.91 Å². The molecule has 4 nitrogen and oxygen atoms in total. The molecule has 13 heavy (non-hydrogen) atoms. The number of carbonyl (C=O) groups excluding carboxylic acids is 2. The quantitative estimate of drug-likeness (QED) is 0.686. The zero-order chi connectivity index (χ0) is 9.68. The van der Waals surface area contributed by atoms with E-state index in [4.69, 9.17) is 0 Å². The standard InChI is InChI=1S/C9H15NO3/c1-13-6-9(12)10-7-2-4-8(11)5-3-7/h7H,2-6H2,1H3,(H,10,12). The van der Waals surface area contributed by atoms with Crippen LogP contribution in [0.1, 0.15) is 25.7 Å². The lowest BCUT2D eigenvalue weighted by atomic mass is 9.94. The van der Waals surface area contributed by atoms with Crippen molar-refractivity contribution in [1.29, 1.82) is 0 Å². The number of ether oxygens (including phenoxy) is 1. The molecule has 1 aliphatic rings. The third-order valence-electron chi connectivity index (χ3n) is 2.18. The highest BCUT2D eigenvalue weighted by molar-refractivity contribution is 5.80. The van der Waals surface area contributed by atoms with E-state index >= 15 is 0 Å². The van der Waals surface area contributed by atoms with Gasteiger partial charge < -0.3 is 10.1 Å². The Morgan fingerprint density at radius 3 is 2.69 bits per heavy atom. The van der Waals surface area contributed by atoms with E-state index in [1.807, 2.05) is 0 Å². The summed E-state index contributed by atoms with van der Waals surface area (Å²) in [5.41, 5.74) is 0. The summed E-state index contributed by atoms with van der Waals surface area (Å²) in [6.45, 7) is 0.102. The van der Waals surface area contributed by atoms with E-state index in [0.717, 1.165) is 12.8 Å². The number of nitrogens with one attached hydrogen (secondary N) is 1. The van der Waals surface area contributed by atoms with E-state index in [1.165, 1.54) is 7.11 Å². The molecule has 0 spiro atoms. The first-order chi connectivity index (χ1) is 6.22. The number of Topliss-reactive ketones (excluding diaryl/α,β-unsaturated/α-hetero) is 1. The summed E-state index contributed by atoms with van der Waals surface area (Å²) in [4.78, 5) is 22.0. The number of methoxy groups -OCH3 is 1. The van der Waals surface area contributed by atoms with Crippen molar-refractivity contribution in [1.82, 2.24) is 5.32 Å². The molecule has 0 radical (unpaired) electrons. The summed E-state index contributed by atoms with van der Waals surface area (Å²) >= 11 is 0. The van der Waals surface area contributed by atoms with Crippen LogP contribution < -0.4 is 5.32 Å². The van der Waals surface area contributed by atoms with Crippen LogP contribution in [0.5, 0.6) is 0 Å². The van der Waals surface area contributed by atoms with Crippen molar-refractivity contribution >= 4 is 11.7 Å². The van der Waals surface area contributed by atoms with Gasteiger partial charge in [0.25, 0.3) is 0 Å². The van der Waals surface area contributed by atoms with Crippen molar-refractivity contribution in [2.45, 2.75) is 31.7 Å². The molecule has 0 heterocycles. The number of ketones is 1. The molecule has 74 valence electrons. The van der Waals surface area contributed by atoms with Crippen LogP contribution in [0.25, 0.3) is 0 Å². The molecule has 0 atom stereocenters. The lowest BCUT2D eigenvalue weighted by Crippen LogP contribution is -2.39. The zero-order valence-electron chi connectivity index (χ0n) is 7.84. The van der Waals surface area contributed by atoms with E-state index in [9.17, 15) is 9.59 Å². The van der Waals surface area contributed by atoms with Gasteiger partial charge in [0.15, 0.2) is 0 Å². The Labute approximate surface area is 77.6 Å². The monoisotopic (exact) mass is 185 g/mol. The van der Waals surface area contributed by atoms with Crippen molar-refractivity contribution in [2.75, 3.05) is 13.7 Å². The SMILES string of the molecule is COCC(=O)NC1CCC(=O)CC1. The van der Waals surface area contributed by atoms with Crippen molar-refractivity contribution in [3.63, 3.8) is 0 Å². The van der Waals surface area contributed by atoms with Crippen LogP contribution in [0.3, 0.4) is 0 Å². The first kappa shape index (κ1) is 10.2. The van der Waals surface area contributed by atoms with Crippen LogP contribution in [0.15, 0.2) is 0 Å². The lowest BCUT2D eigenvalue weighted by Gasteiger charge is -2.21. The van der Waals surface area contributed by atoms with Crippen molar-refractivity contribution in [2.24, 2.45) is 0 Å². The molecule has 0 unspecified atom stereocenters. The molecule has 0 aromatic heterocycles. The first-order valence-electron chi connectivity index (χ1n) is 4.52. The minimum Gasteiger partial charge on any atom is -0.375 e. The van der Waals surface area contributed by atoms with Crippen LogP contribution in [0.4, 0.5) is 0 Å². The van der Waals surface area contributed by atoms with E-state index in [-0.39, 0.29) is 18.6 Å². The summed E-state index contributed by atoms with van der Waals surface area (Å²) in [6.07, 6.45) is 2.73. The third kappa shape index (κ3) is 3.55. The minimum absolute atomic E-state index is 0.0955. The fraction of sp³-hybridized carbons (Fsp3) is 0.778. The second-order valence-corrected chi connectivity index (χ2v) is 3.31. The Hall–Kier alpha value is -0.900. The molecule has 0 aromatic rings. The van der Waals surface area contributed by atoms with E-state index in [0.29, 0.717) is 18.6 Å². The van der Waals surface area contributed by atoms with Gasteiger partial charge in [0, 0.05) is 26.0 Å². The number of carbonyl (C=O) groups is 2. The Morgan fingerprint density at radius 1 is 1.54 bits per heavy atom. The van der Waals surface area contributed by atoms with Gasteiger partial charge in [-0.15, -0.1) is 0 Å². The first-order valence-corrected chi connectivity index (χ1v) is 4.52. The maximum atomic E-state index is 11.1. The van der Waals surface area contributed by atoms with Crippen molar-refractivity contribution in [3.8, 4) is 0 Å². The highest BCUT2D eigenvalue weighted by atomic mass is 16.5. The smallest absolute Gasteiger partial charge is 0.246 e. The average Bonchev–Trinajstić information content (AvgIpc) is 2.09. The van der Waals surface area contributed by atoms with Gasteiger partial charge in [-0.1, -0.05) is 0 Å². The molecule has 1 aliphatic carbocycles. The van der Waals surface area contributed by atoms with Crippen molar-refractivity contribution in [3.05, 3.63) is 0 Å². The second kappa shape index (κ2) is 4.97. The Balaban J connectivity index is 2.22. The van der Waals surface area contributed by atoms with Gasteiger partial charge in [-0.25, -0.2) is 0 Å². The molecular formula is C9H15NO3. The molecule has 1 rings (SSSR count). The third-order valence-corrected chi connectivity index (χ3v) is 2.18. The Morgan fingerprint density at radius 2 is 2.15 bits per heavy atom. The van der Waals surface area contributed by atoms with Crippen LogP contribution in [0, 0.1) is 0 Å². The van der Waals surface area contributed by atoms with Crippen LogP contribution in [-0.4, -0.2) is 31.4 Å². The molecular weight excluding hydrogens is 170 g/mol. The maximum absolute atomic E-state index is 11.1. The predicted octanol–water partition coefficient (Wildman–Crippen LogP) is 0.261. The summed E-state index contributed by atoms with van der Waals surface area (Å²) in [5, 5.41) is 2.82. The van der Waals surface area contributed by atoms with E-state index in [1.54, 1.807) is 0 Å². The topological polar surface area (TPSA) is 55.4 Å². The normalized spacial score (nSPS) is 18.7. The van der Waals surface area contributed by atoms with E-state index < -0.39 is 0 Å². The van der Waals surface area contributed by atoms with Gasteiger partial charge in [-0.3, -0.25) is 9.59 Å². The lowest BCUT2D eigenvalue weighted by molar-refractivity contribution is -0.127. The number of rotatable bonds is 3. The molecule has 0 aliphatic heterocycles. The average molecular weight is 185 g/mol. The number of amides is 1. The highest BCUT2D eigenvalue weighted by Gasteiger charge is 2.19. The van der Waals surface area contributed by atoms with Gasteiger partial charge in [0.05, 0.1) is 0 Å². The van der Waals surface area contributed by atoms with Crippen LogP contribution in [-0.2, 0) is 14.3 Å². The molecule has 1 saturated carbocycles. The largest absolute Gasteiger partial charge is 0.375 e. The van der Waals surface area contributed by atoms with Gasteiger partial charge >= 0.3 is 0 Å². The summed E-state index contributed by atoms with van der Waals surface area (Å²) < 4.78 is 4.69.